The minimum atomic E-state index is -0.247. The van der Waals surface area contributed by atoms with Gasteiger partial charge in [-0.25, -0.2) is 0 Å². The summed E-state index contributed by atoms with van der Waals surface area (Å²) in [5.74, 6) is 1.98. The van der Waals surface area contributed by atoms with E-state index in [1.54, 1.807) is 0 Å². The predicted molar refractivity (Wildman–Crippen MR) is 127 cm³/mol. The number of nitrogens with zero attached hydrogens (tertiary/aromatic N) is 3. The van der Waals surface area contributed by atoms with Gasteiger partial charge in [0.2, 0.25) is 5.91 Å². The van der Waals surface area contributed by atoms with Gasteiger partial charge >= 0.3 is 0 Å². The fraction of sp³-hybridized carbons (Fsp3) is 0.778. The van der Waals surface area contributed by atoms with Gasteiger partial charge in [-0.05, 0) is 61.5 Å². The highest BCUT2D eigenvalue weighted by Crippen LogP contribution is 2.55. The molecular weight excluding hydrogens is 430 g/mol. The summed E-state index contributed by atoms with van der Waals surface area (Å²) in [5, 5.41) is 0. The monoisotopic (exact) mass is 469 g/mol. The van der Waals surface area contributed by atoms with Crippen molar-refractivity contribution < 1.29 is 19.0 Å². The topological polar surface area (TPSA) is 64.1 Å². The number of pyridine rings is 1. The smallest absolute Gasteiger partial charge is 0.230 e. The van der Waals surface area contributed by atoms with Crippen LogP contribution in [0.2, 0.25) is 0 Å². The Kier molecular flexibility index (Phi) is 6.17. The van der Waals surface area contributed by atoms with Crippen molar-refractivity contribution in [1.82, 2.24) is 14.8 Å². The molecule has 1 amide bonds. The Labute approximate surface area is 203 Å². The van der Waals surface area contributed by atoms with Crippen molar-refractivity contribution in [2.45, 2.75) is 57.7 Å². The zero-order valence-corrected chi connectivity index (χ0v) is 20.7. The summed E-state index contributed by atoms with van der Waals surface area (Å²) >= 11 is 0. The molecule has 0 radical (unpaired) electrons. The zero-order chi connectivity index (χ0) is 23.3. The first-order valence-corrected chi connectivity index (χ1v) is 13.2. The molecule has 1 aromatic rings. The molecule has 1 saturated carbocycles. The van der Waals surface area contributed by atoms with Crippen molar-refractivity contribution in [3.8, 4) is 0 Å². The Morgan fingerprint density at radius 1 is 1.29 bits per heavy atom. The Bertz CT molecular complexity index is 921. The summed E-state index contributed by atoms with van der Waals surface area (Å²) in [6.07, 6.45) is 7.42. The first kappa shape index (κ1) is 22.9. The number of hydrogen-bond acceptors (Lipinski definition) is 6. The average molecular weight is 470 g/mol. The third-order valence-electron chi connectivity index (χ3n) is 9.40. The molecule has 6 rings (SSSR count). The van der Waals surface area contributed by atoms with Crippen LogP contribution in [0.25, 0.3) is 0 Å². The highest BCUT2D eigenvalue weighted by molar-refractivity contribution is 5.84. The number of methoxy groups -OCH3 is 1. The van der Waals surface area contributed by atoms with Gasteiger partial charge in [0.15, 0.2) is 0 Å². The van der Waals surface area contributed by atoms with E-state index < -0.39 is 0 Å². The molecule has 0 bridgehead atoms. The van der Waals surface area contributed by atoms with Crippen LogP contribution in [0.4, 0.5) is 0 Å². The number of ether oxygens (including phenoxy) is 3. The minimum Gasteiger partial charge on any atom is -0.379 e. The molecule has 5 atom stereocenters. The molecule has 5 aliphatic rings. The second kappa shape index (κ2) is 9.16. The molecule has 0 spiro atoms. The molecule has 5 heterocycles. The second-order valence-electron chi connectivity index (χ2n) is 11.5. The van der Waals surface area contributed by atoms with Crippen LogP contribution in [0.5, 0.6) is 0 Å². The van der Waals surface area contributed by atoms with Crippen LogP contribution >= 0.6 is 0 Å². The van der Waals surface area contributed by atoms with Crippen LogP contribution < -0.4 is 0 Å². The maximum atomic E-state index is 14.3. The summed E-state index contributed by atoms with van der Waals surface area (Å²) in [7, 11) is 1.81. The number of carbonyl (C=O) groups is 1. The van der Waals surface area contributed by atoms with Crippen molar-refractivity contribution in [3.63, 3.8) is 0 Å². The lowest BCUT2D eigenvalue weighted by atomic mass is 9.78. The van der Waals surface area contributed by atoms with Gasteiger partial charge in [-0.1, -0.05) is 6.07 Å². The van der Waals surface area contributed by atoms with Gasteiger partial charge in [-0.3, -0.25) is 14.7 Å². The van der Waals surface area contributed by atoms with Crippen molar-refractivity contribution in [1.29, 1.82) is 0 Å². The number of rotatable bonds is 5. The average Bonchev–Trinajstić information content (AvgIpc) is 3.31. The number of fused-ring (bicyclic) bond motifs is 2. The molecule has 4 aliphatic heterocycles. The van der Waals surface area contributed by atoms with Crippen molar-refractivity contribution in [3.05, 3.63) is 29.1 Å². The molecule has 34 heavy (non-hydrogen) atoms. The van der Waals surface area contributed by atoms with E-state index in [0.717, 1.165) is 77.3 Å². The summed E-state index contributed by atoms with van der Waals surface area (Å²) in [5.41, 5.74) is 3.32. The number of carbonyl (C=O) groups excluding carboxylic acids is 1. The van der Waals surface area contributed by atoms with Crippen molar-refractivity contribution in [2.24, 2.45) is 23.2 Å². The molecule has 3 saturated heterocycles. The SMILES string of the molecule is COC1COCCC1C[C@@H]1C[C@H]2CN(C3COC3)C[C@@]2(C(=O)N2CCc3ncc(C)cc3C2)C1. The molecule has 7 heteroatoms. The number of hydrogen-bond donors (Lipinski definition) is 0. The lowest BCUT2D eigenvalue weighted by Crippen LogP contribution is -2.52. The van der Waals surface area contributed by atoms with E-state index in [2.05, 4.69) is 27.8 Å². The minimum absolute atomic E-state index is 0.193. The second-order valence-corrected chi connectivity index (χ2v) is 11.5. The number of aryl methyl sites for hydroxylation is 1. The van der Waals surface area contributed by atoms with Gasteiger partial charge in [0, 0.05) is 58.2 Å². The first-order chi connectivity index (χ1) is 16.6. The fourth-order valence-corrected chi connectivity index (χ4v) is 7.52. The van der Waals surface area contributed by atoms with Gasteiger partial charge in [0.05, 0.1) is 37.4 Å². The van der Waals surface area contributed by atoms with Gasteiger partial charge in [-0.2, -0.15) is 0 Å². The summed E-state index contributed by atoms with van der Waals surface area (Å²) < 4.78 is 16.9. The van der Waals surface area contributed by atoms with Crippen LogP contribution in [0.15, 0.2) is 12.3 Å². The molecule has 186 valence electrons. The molecular formula is C27H39N3O4. The number of amides is 1. The summed E-state index contributed by atoms with van der Waals surface area (Å²) in [4.78, 5) is 23.7. The predicted octanol–water partition coefficient (Wildman–Crippen LogP) is 2.44. The van der Waals surface area contributed by atoms with E-state index >= 15 is 0 Å². The Hall–Kier alpha value is -1.54. The zero-order valence-electron chi connectivity index (χ0n) is 20.7. The lowest BCUT2D eigenvalue weighted by Gasteiger charge is -2.39. The van der Waals surface area contributed by atoms with Gasteiger partial charge in [0.1, 0.15) is 0 Å². The van der Waals surface area contributed by atoms with Gasteiger partial charge in [0.25, 0.3) is 0 Å². The van der Waals surface area contributed by atoms with Crippen molar-refractivity contribution >= 4 is 5.91 Å². The third kappa shape index (κ3) is 3.98. The Balaban J connectivity index is 1.22. The third-order valence-corrected chi connectivity index (χ3v) is 9.40. The van der Waals surface area contributed by atoms with Crippen LogP contribution in [0, 0.1) is 30.1 Å². The van der Waals surface area contributed by atoms with Gasteiger partial charge < -0.3 is 19.1 Å². The van der Waals surface area contributed by atoms with Crippen molar-refractivity contribution in [2.75, 3.05) is 53.2 Å². The van der Waals surface area contributed by atoms with Crippen LogP contribution in [0.3, 0.4) is 0 Å². The van der Waals surface area contributed by atoms with E-state index in [0.29, 0.717) is 42.9 Å². The summed E-state index contributed by atoms with van der Waals surface area (Å²) in [6, 6.07) is 2.72. The molecule has 1 aliphatic carbocycles. The van der Waals surface area contributed by atoms with E-state index in [9.17, 15) is 4.79 Å². The molecule has 4 fully saturated rings. The fourth-order valence-electron chi connectivity index (χ4n) is 7.52. The summed E-state index contributed by atoms with van der Waals surface area (Å²) in [6.45, 7) is 8.71. The quantitative estimate of drug-likeness (QED) is 0.660. The molecule has 0 aromatic carbocycles. The largest absolute Gasteiger partial charge is 0.379 e. The molecule has 1 aromatic heterocycles. The van der Waals surface area contributed by atoms with Gasteiger partial charge in [-0.15, -0.1) is 0 Å². The highest BCUT2D eigenvalue weighted by Gasteiger charge is 2.59. The normalized spacial score (nSPS) is 36.2. The van der Waals surface area contributed by atoms with Crippen LogP contribution in [0.1, 0.15) is 42.5 Å². The maximum Gasteiger partial charge on any atom is 0.230 e. The van der Waals surface area contributed by atoms with E-state index in [4.69, 9.17) is 14.2 Å². The van der Waals surface area contributed by atoms with E-state index in [1.807, 2.05) is 13.3 Å². The molecule has 2 unspecified atom stereocenters. The Morgan fingerprint density at radius 3 is 2.97 bits per heavy atom. The highest BCUT2D eigenvalue weighted by atomic mass is 16.5. The number of likely N-dealkylation sites (tertiary alicyclic amines) is 1. The maximum absolute atomic E-state index is 14.3. The molecule has 7 nitrogen and oxygen atoms in total. The Morgan fingerprint density at radius 2 is 2.18 bits per heavy atom. The van der Waals surface area contributed by atoms with E-state index in [1.165, 1.54) is 11.1 Å². The molecule has 0 N–H and O–H groups in total. The lowest BCUT2D eigenvalue weighted by molar-refractivity contribution is -0.144. The van der Waals surface area contributed by atoms with E-state index in [-0.39, 0.29) is 11.5 Å². The first-order valence-electron chi connectivity index (χ1n) is 13.2. The number of aromatic nitrogens is 1. The van der Waals surface area contributed by atoms with Crippen LogP contribution in [-0.4, -0.2) is 86.0 Å². The standard InChI is InChI=1S/C27H39N3O4/c1-18-7-21-12-29(5-3-24(21)28-11-18)26(31)27-10-19(8-20-4-6-33-16-25(20)32-2)9-22(27)13-30(17-27)23-14-34-15-23/h7,11,19-20,22-23,25H,3-6,8-10,12-17H2,1-2H3/t19-,20?,22+,25?,27+/m1/s1. The van der Waals surface area contributed by atoms with Crippen LogP contribution in [-0.2, 0) is 32.0 Å².